The van der Waals surface area contributed by atoms with Crippen LogP contribution < -0.4 is 5.73 Å². The van der Waals surface area contributed by atoms with Crippen molar-refractivity contribution in [3.63, 3.8) is 0 Å². The van der Waals surface area contributed by atoms with E-state index in [0.29, 0.717) is 10.0 Å². The first-order valence-corrected chi connectivity index (χ1v) is 8.02. The van der Waals surface area contributed by atoms with Gasteiger partial charge in [-0.1, -0.05) is 36.8 Å². The highest BCUT2D eigenvalue weighted by molar-refractivity contribution is 7.99. The van der Waals surface area contributed by atoms with Crippen molar-refractivity contribution in [1.82, 2.24) is 9.78 Å². The molecule has 0 saturated carbocycles. The molecular weight excluding hydrogens is 310 g/mol. The molecular formula is C14H16ClN3S2. The Bertz CT molecular complexity index is 665. The SMILES string of the molecule is CCSc1cccc(-n2nc(C)c(Cl)c2C)c1C(N)=S. The van der Waals surface area contributed by atoms with Gasteiger partial charge >= 0.3 is 0 Å². The van der Waals surface area contributed by atoms with E-state index in [1.165, 1.54) is 0 Å². The second-order valence-electron chi connectivity index (χ2n) is 4.34. The maximum atomic E-state index is 6.23. The van der Waals surface area contributed by atoms with Crippen LogP contribution in [0.2, 0.25) is 5.02 Å². The van der Waals surface area contributed by atoms with Gasteiger partial charge in [-0.25, -0.2) is 4.68 Å². The quantitative estimate of drug-likeness (QED) is 0.684. The Kier molecular flexibility index (Phi) is 4.73. The van der Waals surface area contributed by atoms with Gasteiger partial charge in [0.05, 0.1) is 22.1 Å². The average molecular weight is 326 g/mol. The van der Waals surface area contributed by atoms with Crippen LogP contribution in [0.1, 0.15) is 23.9 Å². The number of hydrogen-bond donors (Lipinski definition) is 1. The Morgan fingerprint density at radius 2 is 2.15 bits per heavy atom. The van der Waals surface area contributed by atoms with E-state index in [9.17, 15) is 0 Å². The molecule has 0 saturated heterocycles. The molecule has 20 heavy (non-hydrogen) atoms. The molecule has 2 aromatic rings. The van der Waals surface area contributed by atoms with Gasteiger partial charge in [0, 0.05) is 10.5 Å². The molecule has 0 spiro atoms. The molecule has 106 valence electrons. The number of benzene rings is 1. The first kappa shape index (κ1) is 15.4. The van der Waals surface area contributed by atoms with Crippen molar-refractivity contribution in [2.45, 2.75) is 25.7 Å². The van der Waals surface area contributed by atoms with Gasteiger partial charge in [-0.05, 0) is 31.7 Å². The minimum Gasteiger partial charge on any atom is -0.389 e. The molecule has 0 aliphatic rings. The van der Waals surface area contributed by atoms with Crippen LogP contribution in [0.25, 0.3) is 5.69 Å². The normalized spacial score (nSPS) is 10.8. The summed E-state index contributed by atoms with van der Waals surface area (Å²) >= 11 is 13.2. The molecule has 1 aromatic heterocycles. The lowest BCUT2D eigenvalue weighted by molar-refractivity contribution is 0.829. The van der Waals surface area contributed by atoms with Crippen LogP contribution in [0.15, 0.2) is 23.1 Å². The smallest absolute Gasteiger partial charge is 0.107 e. The Morgan fingerprint density at radius 3 is 2.65 bits per heavy atom. The molecule has 3 nitrogen and oxygen atoms in total. The molecule has 0 unspecified atom stereocenters. The van der Waals surface area contributed by atoms with Gasteiger partial charge in [-0.3, -0.25) is 0 Å². The van der Waals surface area contributed by atoms with Crippen molar-refractivity contribution >= 4 is 40.6 Å². The van der Waals surface area contributed by atoms with E-state index in [2.05, 4.69) is 12.0 Å². The summed E-state index contributed by atoms with van der Waals surface area (Å²) in [5.41, 5.74) is 9.35. The fourth-order valence-electron chi connectivity index (χ4n) is 2.08. The zero-order valence-electron chi connectivity index (χ0n) is 11.6. The van der Waals surface area contributed by atoms with Crippen molar-refractivity contribution in [2.24, 2.45) is 5.73 Å². The van der Waals surface area contributed by atoms with Crippen LogP contribution in [-0.4, -0.2) is 20.5 Å². The van der Waals surface area contributed by atoms with Crippen molar-refractivity contribution in [3.8, 4) is 5.69 Å². The zero-order chi connectivity index (χ0) is 14.9. The second-order valence-corrected chi connectivity index (χ2v) is 6.47. The second kappa shape index (κ2) is 6.16. The fourth-order valence-corrected chi connectivity index (χ4v) is 3.32. The number of nitrogens with zero attached hydrogens (tertiary/aromatic N) is 2. The molecule has 0 amide bonds. The minimum atomic E-state index is 0.375. The maximum Gasteiger partial charge on any atom is 0.107 e. The largest absolute Gasteiger partial charge is 0.389 e. The Morgan fingerprint density at radius 1 is 1.45 bits per heavy atom. The molecule has 2 rings (SSSR count). The Labute approximate surface area is 133 Å². The third-order valence-corrected chi connectivity index (χ3v) is 4.67. The van der Waals surface area contributed by atoms with Crippen molar-refractivity contribution in [2.75, 3.05) is 5.75 Å². The number of nitrogens with two attached hydrogens (primary N) is 1. The summed E-state index contributed by atoms with van der Waals surface area (Å²) in [6.45, 7) is 5.92. The highest BCUT2D eigenvalue weighted by Crippen LogP contribution is 2.30. The highest BCUT2D eigenvalue weighted by atomic mass is 35.5. The van der Waals surface area contributed by atoms with Gasteiger partial charge < -0.3 is 5.73 Å². The molecule has 1 aromatic carbocycles. The topological polar surface area (TPSA) is 43.8 Å². The maximum absolute atomic E-state index is 6.23. The van der Waals surface area contributed by atoms with Crippen molar-refractivity contribution in [1.29, 1.82) is 0 Å². The summed E-state index contributed by atoms with van der Waals surface area (Å²) in [5.74, 6) is 0.955. The summed E-state index contributed by atoms with van der Waals surface area (Å²) in [5, 5.41) is 5.16. The predicted octanol–water partition coefficient (Wildman–Crippen LogP) is 3.89. The van der Waals surface area contributed by atoms with Crippen LogP contribution >= 0.6 is 35.6 Å². The number of thiocarbonyl (C=S) groups is 1. The van der Waals surface area contributed by atoms with Crippen molar-refractivity contribution < 1.29 is 0 Å². The van der Waals surface area contributed by atoms with Crippen LogP contribution in [0.5, 0.6) is 0 Å². The molecule has 0 aliphatic carbocycles. The first-order valence-electron chi connectivity index (χ1n) is 6.25. The van der Waals surface area contributed by atoms with Gasteiger partial charge in [0.15, 0.2) is 0 Å². The molecule has 0 bridgehead atoms. The number of hydrogen-bond acceptors (Lipinski definition) is 3. The van der Waals surface area contributed by atoms with Gasteiger partial charge in [0.2, 0.25) is 0 Å². The molecule has 1 heterocycles. The van der Waals surface area contributed by atoms with Gasteiger partial charge in [0.25, 0.3) is 0 Å². The monoisotopic (exact) mass is 325 g/mol. The van der Waals surface area contributed by atoms with Crippen LogP contribution in [0.3, 0.4) is 0 Å². The van der Waals surface area contributed by atoms with Gasteiger partial charge in [0.1, 0.15) is 4.99 Å². The summed E-state index contributed by atoms with van der Waals surface area (Å²) in [7, 11) is 0. The van der Waals surface area contributed by atoms with E-state index in [1.807, 2.05) is 36.7 Å². The third-order valence-electron chi connectivity index (χ3n) is 2.98. The number of thioether (sulfide) groups is 1. The van der Waals surface area contributed by atoms with Crippen LogP contribution in [0, 0.1) is 13.8 Å². The van der Waals surface area contributed by atoms with Crippen molar-refractivity contribution in [3.05, 3.63) is 40.2 Å². The molecule has 0 atom stereocenters. The van der Waals surface area contributed by atoms with E-state index >= 15 is 0 Å². The summed E-state index contributed by atoms with van der Waals surface area (Å²) in [6.07, 6.45) is 0. The Balaban J connectivity index is 2.70. The van der Waals surface area contributed by atoms with E-state index in [0.717, 1.165) is 33.3 Å². The minimum absolute atomic E-state index is 0.375. The average Bonchev–Trinajstić information content (AvgIpc) is 2.66. The first-order chi connectivity index (χ1) is 9.47. The fraction of sp³-hybridized carbons (Fsp3) is 0.286. The number of rotatable bonds is 4. The summed E-state index contributed by atoms with van der Waals surface area (Å²) in [6, 6.07) is 5.98. The van der Waals surface area contributed by atoms with E-state index < -0.39 is 0 Å². The molecule has 0 aliphatic heterocycles. The number of aryl methyl sites for hydroxylation is 1. The Hall–Kier alpha value is -1.04. The van der Waals surface area contributed by atoms with Crippen LogP contribution in [0.4, 0.5) is 0 Å². The van der Waals surface area contributed by atoms with Gasteiger partial charge in [-0.15, -0.1) is 11.8 Å². The van der Waals surface area contributed by atoms with Crippen LogP contribution in [-0.2, 0) is 0 Å². The lowest BCUT2D eigenvalue weighted by atomic mass is 10.1. The summed E-state index contributed by atoms with van der Waals surface area (Å²) < 4.78 is 1.81. The third kappa shape index (κ3) is 2.71. The van der Waals surface area contributed by atoms with E-state index in [-0.39, 0.29) is 0 Å². The lowest BCUT2D eigenvalue weighted by Crippen LogP contribution is -2.16. The molecule has 0 fully saturated rings. The van der Waals surface area contributed by atoms with E-state index in [4.69, 9.17) is 29.6 Å². The standard InChI is InChI=1S/C14H16ClN3S2/c1-4-20-11-7-5-6-10(12(11)14(16)19)18-9(3)13(15)8(2)17-18/h5-7H,4H2,1-3H3,(H2,16,19). The zero-order valence-corrected chi connectivity index (χ0v) is 14.0. The number of halogens is 1. The molecule has 6 heteroatoms. The predicted molar refractivity (Wildman–Crippen MR) is 90.3 cm³/mol. The summed E-state index contributed by atoms with van der Waals surface area (Å²) in [4.78, 5) is 1.45. The number of aromatic nitrogens is 2. The molecule has 0 radical (unpaired) electrons. The molecule has 2 N–H and O–H groups in total. The highest BCUT2D eigenvalue weighted by Gasteiger charge is 2.17. The van der Waals surface area contributed by atoms with Gasteiger partial charge in [-0.2, -0.15) is 5.10 Å². The van der Waals surface area contributed by atoms with E-state index in [1.54, 1.807) is 11.8 Å². The lowest BCUT2D eigenvalue weighted by Gasteiger charge is -2.14.